The van der Waals surface area contributed by atoms with Crippen LogP contribution in [0.3, 0.4) is 0 Å². The third-order valence-corrected chi connectivity index (χ3v) is 5.66. The average Bonchev–Trinajstić information content (AvgIpc) is 3.17. The fraction of sp³-hybridized carbons (Fsp3) is 0.550. The fourth-order valence-corrected chi connectivity index (χ4v) is 4.18. The van der Waals surface area contributed by atoms with Gasteiger partial charge in [-0.3, -0.25) is 4.79 Å². The van der Waals surface area contributed by atoms with Crippen LogP contribution in [0.4, 0.5) is 5.13 Å². The second kappa shape index (κ2) is 7.58. The molecule has 0 bridgehead atoms. The van der Waals surface area contributed by atoms with E-state index in [4.69, 9.17) is 9.47 Å². The minimum atomic E-state index is -0.572. The van der Waals surface area contributed by atoms with Gasteiger partial charge in [-0.05, 0) is 25.0 Å². The third-order valence-electron chi connectivity index (χ3n) is 5.02. The predicted molar refractivity (Wildman–Crippen MR) is 108 cm³/mol. The summed E-state index contributed by atoms with van der Waals surface area (Å²) < 4.78 is 16.0. The van der Waals surface area contributed by atoms with Gasteiger partial charge in [0.15, 0.2) is 11.5 Å². The summed E-state index contributed by atoms with van der Waals surface area (Å²) in [6.07, 6.45) is 1.18. The van der Waals surface area contributed by atoms with Gasteiger partial charge in [-0.2, -0.15) is 4.37 Å². The number of carbonyl (C=O) groups is 1. The van der Waals surface area contributed by atoms with E-state index in [-0.39, 0.29) is 17.9 Å². The second-order valence-corrected chi connectivity index (χ2v) is 9.03. The largest absolute Gasteiger partial charge is 0.485 e. The van der Waals surface area contributed by atoms with E-state index >= 15 is 0 Å². The van der Waals surface area contributed by atoms with Gasteiger partial charge in [0.05, 0.1) is 0 Å². The molecule has 7 nitrogen and oxygen atoms in total. The van der Waals surface area contributed by atoms with Gasteiger partial charge in [0.2, 0.25) is 11.2 Å². The molecule has 2 aliphatic rings. The lowest BCUT2D eigenvalue weighted by Gasteiger charge is -2.35. The van der Waals surface area contributed by atoms with Gasteiger partial charge in [0, 0.05) is 36.1 Å². The molecule has 2 aromatic rings. The quantitative estimate of drug-likeness (QED) is 0.850. The summed E-state index contributed by atoms with van der Waals surface area (Å²) in [4.78, 5) is 19.3. The Morgan fingerprint density at radius 3 is 2.61 bits per heavy atom. The van der Waals surface area contributed by atoms with Gasteiger partial charge in [-0.15, -0.1) is 0 Å². The molecular formula is C20H26N4O3S. The maximum Gasteiger partial charge on any atom is 0.267 e. The number of para-hydroxylation sites is 2. The molecule has 1 unspecified atom stereocenters. The molecule has 1 aromatic carbocycles. The van der Waals surface area contributed by atoms with Gasteiger partial charge in [0.25, 0.3) is 5.91 Å². The molecule has 0 spiro atoms. The average molecular weight is 403 g/mol. The normalized spacial score (nSPS) is 20.1. The van der Waals surface area contributed by atoms with E-state index in [0.29, 0.717) is 30.6 Å². The lowest BCUT2D eigenvalue weighted by Crippen LogP contribution is -2.50. The molecular weight excluding hydrogens is 376 g/mol. The molecule has 1 atom stereocenters. The molecule has 1 aromatic heterocycles. The number of benzene rings is 1. The van der Waals surface area contributed by atoms with Crippen molar-refractivity contribution in [1.82, 2.24) is 14.3 Å². The van der Waals surface area contributed by atoms with Crippen molar-refractivity contribution >= 4 is 22.6 Å². The van der Waals surface area contributed by atoms with Crippen LogP contribution >= 0.6 is 11.5 Å². The van der Waals surface area contributed by atoms with E-state index in [1.807, 2.05) is 29.2 Å². The van der Waals surface area contributed by atoms with Crippen molar-refractivity contribution in [2.45, 2.75) is 51.2 Å². The molecule has 1 fully saturated rings. The first-order valence-corrected chi connectivity index (χ1v) is 10.5. The number of nitrogens with one attached hydrogen (secondary N) is 1. The minimum Gasteiger partial charge on any atom is -0.485 e. The van der Waals surface area contributed by atoms with Crippen LogP contribution in [0.1, 0.15) is 39.4 Å². The first-order chi connectivity index (χ1) is 13.4. The molecule has 1 saturated heterocycles. The Kier molecular flexibility index (Phi) is 5.14. The van der Waals surface area contributed by atoms with Crippen molar-refractivity contribution in [3.05, 3.63) is 30.1 Å². The zero-order chi connectivity index (χ0) is 19.7. The summed E-state index contributed by atoms with van der Waals surface area (Å²) in [6, 6.07) is 7.76. The van der Waals surface area contributed by atoms with E-state index in [9.17, 15) is 4.79 Å². The molecule has 8 heteroatoms. The molecule has 2 aliphatic heterocycles. The van der Waals surface area contributed by atoms with Gasteiger partial charge in [-0.25, -0.2) is 4.98 Å². The van der Waals surface area contributed by atoms with Crippen LogP contribution < -0.4 is 14.8 Å². The lowest BCUT2D eigenvalue weighted by molar-refractivity contribution is -0.142. The highest BCUT2D eigenvalue weighted by Crippen LogP contribution is 2.31. The third kappa shape index (κ3) is 4.06. The molecule has 4 rings (SSSR count). The van der Waals surface area contributed by atoms with Crippen LogP contribution in [0.5, 0.6) is 11.5 Å². The number of anilines is 1. The number of ether oxygens (including phenoxy) is 2. The zero-order valence-corrected chi connectivity index (χ0v) is 17.3. The number of nitrogens with zero attached hydrogens (tertiary/aromatic N) is 3. The number of hydrogen-bond acceptors (Lipinski definition) is 7. The summed E-state index contributed by atoms with van der Waals surface area (Å²) in [5.74, 6) is 2.19. The summed E-state index contributed by atoms with van der Waals surface area (Å²) in [6.45, 7) is 7.98. The first-order valence-electron chi connectivity index (χ1n) is 9.68. The van der Waals surface area contributed by atoms with Crippen molar-refractivity contribution in [1.29, 1.82) is 0 Å². The van der Waals surface area contributed by atoms with Crippen molar-refractivity contribution in [2.75, 3.05) is 25.0 Å². The first kappa shape index (κ1) is 19.0. The van der Waals surface area contributed by atoms with Crippen LogP contribution in [0.25, 0.3) is 0 Å². The van der Waals surface area contributed by atoms with Crippen LogP contribution in [0, 0.1) is 0 Å². The van der Waals surface area contributed by atoms with Crippen molar-refractivity contribution in [3.8, 4) is 11.5 Å². The maximum atomic E-state index is 12.8. The Hall–Kier alpha value is -2.35. The number of likely N-dealkylation sites (tertiary alicyclic amines) is 1. The van der Waals surface area contributed by atoms with Gasteiger partial charge in [0.1, 0.15) is 12.4 Å². The van der Waals surface area contributed by atoms with E-state index in [2.05, 4.69) is 35.4 Å². The smallest absolute Gasteiger partial charge is 0.267 e. The van der Waals surface area contributed by atoms with Gasteiger partial charge < -0.3 is 19.7 Å². The van der Waals surface area contributed by atoms with Crippen LogP contribution in [-0.2, 0) is 10.2 Å². The van der Waals surface area contributed by atoms with Crippen LogP contribution in [-0.4, -0.2) is 52.0 Å². The minimum absolute atomic E-state index is 0.00103. The molecule has 1 N–H and O–H groups in total. The number of piperidine rings is 1. The summed E-state index contributed by atoms with van der Waals surface area (Å²) in [5, 5.41) is 4.33. The Morgan fingerprint density at radius 1 is 1.21 bits per heavy atom. The van der Waals surface area contributed by atoms with Gasteiger partial charge in [-0.1, -0.05) is 32.9 Å². The lowest BCUT2D eigenvalue weighted by atomic mass is 9.96. The van der Waals surface area contributed by atoms with E-state index in [1.54, 1.807) is 0 Å². The Bertz CT molecular complexity index is 840. The topological polar surface area (TPSA) is 76.6 Å². The zero-order valence-electron chi connectivity index (χ0n) is 16.5. The van der Waals surface area contributed by atoms with E-state index < -0.39 is 6.10 Å². The highest BCUT2D eigenvalue weighted by molar-refractivity contribution is 7.09. The molecule has 0 saturated carbocycles. The second-order valence-electron chi connectivity index (χ2n) is 8.28. The molecule has 0 aliphatic carbocycles. The molecule has 1 amide bonds. The number of aromatic nitrogens is 2. The fourth-order valence-electron chi connectivity index (χ4n) is 3.35. The number of fused-ring (bicyclic) bond motifs is 1. The summed E-state index contributed by atoms with van der Waals surface area (Å²) >= 11 is 1.40. The number of carbonyl (C=O) groups excluding carboxylic acids is 1. The Balaban J connectivity index is 1.29. The summed E-state index contributed by atoms with van der Waals surface area (Å²) in [5.41, 5.74) is -0.0487. The summed E-state index contributed by atoms with van der Waals surface area (Å²) in [7, 11) is 0. The number of amides is 1. The van der Waals surface area contributed by atoms with Gasteiger partial charge >= 0.3 is 0 Å². The molecule has 28 heavy (non-hydrogen) atoms. The van der Waals surface area contributed by atoms with Crippen molar-refractivity contribution < 1.29 is 14.3 Å². The van der Waals surface area contributed by atoms with Crippen molar-refractivity contribution in [2.24, 2.45) is 0 Å². The van der Waals surface area contributed by atoms with Crippen LogP contribution in [0.15, 0.2) is 24.3 Å². The highest BCUT2D eigenvalue weighted by atomic mass is 32.1. The number of hydrogen-bond donors (Lipinski definition) is 1. The van der Waals surface area contributed by atoms with Crippen molar-refractivity contribution in [3.63, 3.8) is 0 Å². The monoisotopic (exact) mass is 402 g/mol. The molecule has 3 heterocycles. The van der Waals surface area contributed by atoms with E-state index in [1.165, 1.54) is 11.5 Å². The number of rotatable bonds is 3. The van der Waals surface area contributed by atoms with E-state index in [0.717, 1.165) is 23.8 Å². The predicted octanol–water partition coefficient (Wildman–Crippen LogP) is 3.08. The Labute approximate surface area is 169 Å². The standard InChI is InChI=1S/C20H26N4O3S/c1-20(2,3)18-22-19(28-23-18)21-13-8-10-24(11-9-13)17(25)16-12-26-14-6-4-5-7-15(14)27-16/h4-7,13,16H,8-12H2,1-3H3,(H,21,22,23). The van der Waals surface area contributed by atoms with Crippen LogP contribution in [0.2, 0.25) is 0 Å². The molecule has 0 radical (unpaired) electrons. The SMILES string of the molecule is CC(C)(C)c1nsc(NC2CCN(C(=O)C3COc4ccccc4O3)CC2)n1. The highest BCUT2D eigenvalue weighted by Gasteiger charge is 2.33. The maximum absolute atomic E-state index is 12.8. The Morgan fingerprint density at radius 2 is 1.93 bits per heavy atom. The molecule has 150 valence electrons.